The third-order valence-electron chi connectivity index (χ3n) is 4.43. The zero-order valence-electron chi connectivity index (χ0n) is 15.8. The van der Waals surface area contributed by atoms with Gasteiger partial charge in [0.1, 0.15) is 5.82 Å². The molecule has 30 heavy (non-hydrogen) atoms. The van der Waals surface area contributed by atoms with E-state index >= 15 is 0 Å². The highest BCUT2D eigenvalue weighted by atomic mass is 19.4. The normalized spacial score (nSPS) is 12.6. The maximum atomic E-state index is 14.4. The maximum absolute atomic E-state index is 14.4. The number of nitrogens with zero attached hydrogens (tertiary/aromatic N) is 3. The Bertz CT molecular complexity index is 1030. The Balaban J connectivity index is 1.80. The first kappa shape index (κ1) is 21.3. The zero-order chi connectivity index (χ0) is 21.9. The first-order valence-electron chi connectivity index (χ1n) is 9.06. The fraction of sp³-hybridized carbons (Fsp3) is 0.250. The summed E-state index contributed by atoms with van der Waals surface area (Å²) in [5.74, 6) is -1.66. The number of alkyl halides is 3. The van der Waals surface area contributed by atoms with Crippen molar-refractivity contribution in [3.63, 3.8) is 0 Å². The number of hydrogen-bond donors (Lipinski definition) is 2. The van der Waals surface area contributed by atoms with E-state index in [0.717, 1.165) is 23.4 Å². The summed E-state index contributed by atoms with van der Waals surface area (Å²) in [6, 6.07) is 6.39. The van der Waals surface area contributed by atoms with Crippen LogP contribution in [0.3, 0.4) is 0 Å². The molecule has 2 aromatic heterocycles. The van der Waals surface area contributed by atoms with Crippen LogP contribution in [0.5, 0.6) is 0 Å². The molecule has 158 valence electrons. The third-order valence-corrected chi connectivity index (χ3v) is 4.43. The van der Waals surface area contributed by atoms with Gasteiger partial charge in [-0.1, -0.05) is 19.4 Å². The van der Waals surface area contributed by atoms with Crippen molar-refractivity contribution in [1.29, 1.82) is 0 Å². The van der Waals surface area contributed by atoms with E-state index in [1.807, 2.05) is 6.92 Å². The lowest BCUT2D eigenvalue weighted by Crippen LogP contribution is -2.13. The Hall–Kier alpha value is -3.43. The number of aromatic carboxylic acids is 1. The summed E-state index contributed by atoms with van der Waals surface area (Å²) in [5.41, 5.74) is -0.181. The largest absolute Gasteiger partial charge is 0.478 e. The molecular weight excluding hydrogens is 404 g/mol. The molecule has 0 aliphatic carbocycles. The lowest BCUT2D eigenvalue weighted by atomic mass is 9.99. The number of benzene rings is 1. The Kier molecular flexibility index (Phi) is 6.04. The molecule has 0 spiro atoms. The minimum absolute atomic E-state index is 0.144. The van der Waals surface area contributed by atoms with Crippen LogP contribution in [0.15, 0.2) is 48.9 Å². The van der Waals surface area contributed by atoms with Crippen LogP contribution in [0.4, 0.5) is 23.2 Å². The number of carbonyl (C=O) groups is 1. The van der Waals surface area contributed by atoms with E-state index in [4.69, 9.17) is 5.11 Å². The number of rotatable bonds is 7. The molecule has 1 atom stereocenters. The van der Waals surface area contributed by atoms with Crippen LogP contribution in [-0.4, -0.2) is 25.8 Å². The molecule has 1 aromatic carbocycles. The molecule has 0 bridgehead atoms. The zero-order valence-corrected chi connectivity index (χ0v) is 15.8. The quantitative estimate of drug-likeness (QED) is 0.520. The van der Waals surface area contributed by atoms with Crippen molar-refractivity contribution < 1.29 is 27.5 Å². The van der Waals surface area contributed by atoms with Crippen molar-refractivity contribution >= 4 is 11.7 Å². The van der Waals surface area contributed by atoms with Crippen molar-refractivity contribution in [3.8, 4) is 5.82 Å². The molecule has 10 heteroatoms. The first-order chi connectivity index (χ1) is 14.2. The van der Waals surface area contributed by atoms with Crippen molar-refractivity contribution in [2.24, 2.45) is 0 Å². The summed E-state index contributed by atoms with van der Waals surface area (Å²) in [6.07, 6.45) is -0.219. The Morgan fingerprint density at radius 2 is 2.00 bits per heavy atom. The van der Waals surface area contributed by atoms with Gasteiger partial charge in [-0.15, -0.1) is 0 Å². The van der Waals surface area contributed by atoms with Crippen LogP contribution in [0, 0.1) is 5.82 Å². The van der Waals surface area contributed by atoms with E-state index in [1.54, 1.807) is 6.07 Å². The molecule has 0 aliphatic rings. The fourth-order valence-electron chi connectivity index (χ4n) is 2.94. The van der Waals surface area contributed by atoms with Crippen LogP contribution < -0.4 is 5.32 Å². The smallest absolute Gasteiger partial charge is 0.419 e. The molecular formula is C20H18F4N4O2. The second kappa shape index (κ2) is 8.52. The van der Waals surface area contributed by atoms with Gasteiger partial charge >= 0.3 is 12.1 Å². The molecule has 3 rings (SSSR count). The van der Waals surface area contributed by atoms with Crippen molar-refractivity contribution in [1.82, 2.24) is 14.8 Å². The minimum Gasteiger partial charge on any atom is -0.478 e. The van der Waals surface area contributed by atoms with Gasteiger partial charge in [0.25, 0.3) is 0 Å². The predicted octanol–water partition coefficient (Wildman–Crippen LogP) is 5.08. The van der Waals surface area contributed by atoms with E-state index in [1.165, 1.54) is 24.4 Å². The molecule has 0 fully saturated rings. The number of hydrogen-bond acceptors (Lipinski definition) is 4. The highest BCUT2D eigenvalue weighted by Crippen LogP contribution is 2.29. The summed E-state index contributed by atoms with van der Waals surface area (Å²) >= 11 is 0. The van der Waals surface area contributed by atoms with E-state index in [0.29, 0.717) is 23.9 Å². The molecule has 0 radical (unpaired) electrons. The van der Waals surface area contributed by atoms with Gasteiger partial charge in [0.2, 0.25) is 0 Å². The van der Waals surface area contributed by atoms with Gasteiger partial charge in [-0.25, -0.2) is 18.9 Å². The first-order valence-corrected chi connectivity index (χ1v) is 9.06. The summed E-state index contributed by atoms with van der Waals surface area (Å²) in [5, 5.41) is 15.8. The average molecular weight is 422 g/mol. The number of anilines is 1. The lowest BCUT2D eigenvalue weighted by molar-refractivity contribution is -0.137. The van der Waals surface area contributed by atoms with Gasteiger partial charge in [-0.2, -0.15) is 18.3 Å². The van der Waals surface area contributed by atoms with Gasteiger partial charge in [0, 0.05) is 11.8 Å². The minimum atomic E-state index is -4.49. The average Bonchev–Trinajstić information content (AvgIpc) is 3.19. The van der Waals surface area contributed by atoms with Crippen molar-refractivity contribution in [2.45, 2.75) is 32.0 Å². The van der Waals surface area contributed by atoms with Crippen LogP contribution in [0.25, 0.3) is 5.82 Å². The fourth-order valence-corrected chi connectivity index (χ4v) is 2.94. The molecule has 0 saturated heterocycles. The highest BCUT2D eigenvalue weighted by molar-refractivity contribution is 5.87. The van der Waals surface area contributed by atoms with Gasteiger partial charge in [0.15, 0.2) is 5.82 Å². The molecule has 0 aliphatic heterocycles. The predicted molar refractivity (Wildman–Crippen MR) is 101 cm³/mol. The summed E-state index contributed by atoms with van der Waals surface area (Å²) < 4.78 is 53.6. The number of aromatic nitrogens is 3. The van der Waals surface area contributed by atoms with Gasteiger partial charge in [-0.3, -0.25) is 0 Å². The molecule has 3 aromatic rings. The van der Waals surface area contributed by atoms with Crippen LogP contribution >= 0.6 is 0 Å². The summed E-state index contributed by atoms with van der Waals surface area (Å²) in [7, 11) is 0. The molecule has 1 unspecified atom stereocenters. The monoisotopic (exact) mass is 422 g/mol. The molecule has 2 N–H and O–H groups in total. The summed E-state index contributed by atoms with van der Waals surface area (Å²) in [6.45, 7) is 1.93. The lowest BCUT2D eigenvalue weighted by Gasteiger charge is -2.20. The van der Waals surface area contributed by atoms with Crippen molar-refractivity contribution in [2.75, 3.05) is 5.32 Å². The number of pyridine rings is 1. The van der Waals surface area contributed by atoms with Crippen LogP contribution in [0.2, 0.25) is 0 Å². The SMILES string of the molecule is CCCC(Nc1ccc(-n2cc(C(F)(F)F)cn2)nc1)c1ccc(C(=O)O)cc1F. The number of carboxylic acids is 1. The Labute approximate surface area is 169 Å². The molecule has 0 saturated carbocycles. The van der Waals surface area contributed by atoms with Gasteiger partial charge < -0.3 is 10.4 Å². The van der Waals surface area contributed by atoms with Crippen molar-refractivity contribution in [3.05, 3.63) is 71.4 Å². The van der Waals surface area contributed by atoms with Crippen LogP contribution in [0.1, 0.15) is 47.3 Å². The topological polar surface area (TPSA) is 80.0 Å². The third kappa shape index (κ3) is 4.76. The second-order valence-corrected chi connectivity index (χ2v) is 6.60. The van der Waals surface area contributed by atoms with E-state index in [2.05, 4.69) is 15.4 Å². The number of carboxylic acid groups (broad SMARTS) is 1. The second-order valence-electron chi connectivity index (χ2n) is 6.60. The molecule has 0 amide bonds. The van der Waals surface area contributed by atoms with E-state index in [-0.39, 0.29) is 11.4 Å². The van der Waals surface area contributed by atoms with Gasteiger partial charge in [-0.05, 0) is 30.7 Å². The van der Waals surface area contributed by atoms with E-state index < -0.39 is 29.6 Å². The Morgan fingerprint density at radius 1 is 1.23 bits per heavy atom. The van der Waals surface area contributed by atoms with Crippen LogP contribution in [-0.2, 0) is 6.18 Å². The van der Waals surface area contributed by atoms with Gasteiger partial charge in [0.05, 0.1) is 35.2 Å². The molecule has 2 heterocycles. The standard InChI is InChI=1S/C20H18F4N4O2/c1-2-3-17(15-6-4-12(19(29)30)8-16(15)21)27-14-5-7-18(25-10-14)28-11-13(9-26-28)20(22,23)24/h4-11,17,27H,2-3H2,1H3,(H,29,30). The summed E-state index contributed by atoms with van der Waals surface area (Å²) in [4.78, 5) is 15.1. The molecule has 6 nitrogen and oxygen atoms in total. The number of nitrogens with one attached hydrogen (secondary N) is 1. The van der Waals surface area contributed by atoms with E-state index in [9.17, 15) is 22.4 Å². The Morgan fingerprint density at radius 3 is 2.53 bits per heavy atom. The highest BCUT2D eigenvalue weighted by Gasteiger charge is 2.32. The number of halogens is 4. The maximum Gasteiger partial charge on any atom is 0.419 e.